The fourth-order valence-electron chi connectivity index (χ4n) is 1.54. The third-order valence-corrected chi connectivity index (χ3v) is 2.47. The molecule has 0 saturated carbocycles. The molecule has 0 aliphatic carbocycles. The molecule has 0 amide bonds. The van der Waals surface area contributed by atoms with E-state index in [9.17, 15) is 5.11 Å². The molecule has 0 radical (unpaired) electrons. The molecule has 1 rings (SSSR count). The molecule has 1 aromatic heterocycles. The first-order valence-electron chi connectivity index (χ1n) is 5.86. The highest BCUT2D eigenvalue weighted by Gasteiger charge is 2.07. The summed E-state index contributed by atoms with van der Waals surface area (Å²) in [5.41, 5.74) is 0. The Morgan fingerprint density at radius 1 is 1.56 bits per heavy atom. The molecular weight excluding hydrogens is 204 g/mol. The van der Waals surface area contributed by atoms with E-state index in [-0.39, 0.29) is 6.10 Å². The first-order valence-corrected chi connectivity index (χ1v) is 5.86. The second-order valence-electron chi connectivity index (χ2n) is 4.27. The van der Waals surface area contributed by atoms with Crippen molar-refractivity contribution in [2.75, 3.05) is 13.6 Å². The third kappa shape index (κ3) is 4.28. The van der Waals surface area contributed by atoms with E-state index >= 15 is 0 Å². The zero-order valence-corrected chi connectivity index (χ0v) is 10.4. The molecule has 0 aromatic carbocycles. The largest absolute Gasteiger partial charge is 0.393 e. The second-order valence-corrected chi connectivity index (χ2v) is 4.27. The number of hydrogen-bond donors (Lipinski definition) is 1. The van der Waals surface area contributed by atoms with Gasteiger partial charge in [-0.3, -0.25) is 4.90 Å². The van der Waals surface area contributed by atoms with Crippen LogP contribution in [-0.4, -0.2) is 44.5 Å². The molecule has 0 aliphatic heterocycles. The van der Waals surface area contributed by atoms with Gasteiger partial charge in [0, 0.05) is 13.1 Å². The lowest BCUT2D eigenvalue weighted by molar-refractivity contribution is 0.161. The summed E-state index contributed by atoms with van der Waals surface area (Å²) < 4.78 is 1.94. The normalized spacial score (nSPS) is 13.3. The van der Waals surface area contributed by atoms with Gasteiger partial charge < -0.3 is 5.11 Å². The van der Waals surface area contributed by atoms with Crippen molar-refractivity contribution in [3.8, 4) is 0 Å². The van der Waals surface area contributed by atoms with Crippen LogP contribution in [0.2, 0.25) is 0 Å². The minimum Gasteiger partial charge on any atom is -0.393 e. The van der Waals surface area contributed by atoms with Gasteiger partial charge in [-0.25, -0.2) is 9.67 Å². The van der Waals surface area contributed by atoms with E-state index < -0.39 is 0 Å². The van der Waals surface area contributed by atoms with Crippen molar-refractivity contribution >= 4 is 0 Å². The third-order valence-electron chi connectivity index (χ3n) is 2.47. The van der Waals surface area contributed by atoms with E-state index in [2.05, 4.69) is 21.9 Å². The molecule has 0 saturated heterocycles. The molecule has 16 heavy (non-hydrogen) atoms. The maximum absolute atomic E-state index is 9.21. The number of nitrogens with zero attached hydrogens (tertiary/aromatic N) is 4. The topological polar surface area (TPSA) is 54.2 Å². The Hall–Kier alpha value is -0.940. The Balaban J connectivity index is 2.42. The van der Waals surface area contributed by atoms with Crippen molar-refractivity contribution < 1.29 is 5.11 Å². The fraction of sp³-hybridized carbons (Fsp3) is 0.818. The van der Waals surface area contributed by atoms with Gasteiger partial charge in [-0.1, -0.05) is 6.92 Å². The van der Waals surface area contributed by atoms with Crippen molar-refractivity contribution in [1.29, 1.82) is 0 Å². The molecule has 1 atom stereocenters. The van der Waals surface area contributed by atoms with Crippen molar-refractivity contribution in [2.45, 2.75) is 45.9 Å². The van der Waals surface area contributed by atoms with E-state index in [1.165, 1.54) is 0 Å². The maximum atomic E-state index is 9.21. The highest BCUT2D eigenvalue weighted by molar-refractivity contribution is 4.84. The average molecular weight is 226 g/mol. The van der Waals surface area contributed by atoms with Gasteiger partial charge in [0.25, 0.3) is 0 Å². The molecule has 0 fully saturated rings. The molecule has 5 nitrogen and oxygen atoms in total. The van der Waals surface area contributed by atoms with Crippen molar-refractivity contribution in [3.05, 3.63) is 12.2 Å². The lowest BCUT2D eigenvalue weighted by atomic mass is 10.3. The predicted molar refractivity (Wildman–Crippen MR) is 62.9 cm³/mol. The molecule has 0 spiro atoms. The molecule has 92 valence electrons. The Morgan fingerprint density at radius 3 is 2.94 bits per heavy atom. The van der Waals surface area contributed by atoms with Crippen LogP contribution in [0.5, 0.6) is 0 Å². The van der Waals surface area contributed by atoms with E-state index in [4.69, 9.17) is 0 Å². The SMILES string of the molecule is CCCn1ncnc1CN(C)CCC(C)O. The summed E-state index contributed by atoms with van der Waals surface area (Å²) in [6.45, 7) is 6.51. The summed E-state index contributed by atoms with van der Waals surface area (Å²) in [5.74, 6) is 0.995. The number of aliphatic hydroxyl groups excluding tert-OH is 1. The fourth-order valence-corrected chi connectivity index (χ4v) is 1.54. The lowest BCUT2D eigenvalue weighted by Crippen LogP contribution is -2.24. The molecular formula is C11H22N4O. The standard InChI is InChI=1S/C11H22N4O/c1-4-6-15-11(12-9-13-15)8-14(3)7-5-10(2)16/h9-10,16H,4-8H2,1-3H3. The van der Waals surface area contributed by atoms with Crippen LogP contribution in [0.1, 0.15) is 32.5 Å². The zero-order valence-electron chi connectivity index (χ0n) is 10.4. The van der Waals surface area contributed by atoms with Gasteiger partial charge in [-0.05, 0) is 26.8 Å². The Morgan fingerprint density at radius 2 is 2.31 bits per heavy atom. The predicted octanol–water partition coefficient (Wildman–Crippen LogP) is 0.891. The molecule has 1 heterocycles. The first kappa shape index (κ1) is 13.1. The minimum absolute atomic E-state index is 0.240. The summed E-state index contributed by atoms with van der Waals surface area (Å²) in [5, 5.41) is 13.4. The van der Waals surface area contributed by atoms with E-state index in [0.717, 1.165) is 38.3 Å². The smallest absolute Gasteiger partial charge is 0.140 e. The highest BCUT2D eigenvalue weighted by atomic mass is 16.3. The lowest BCUT2D eigenvalue weighted by Gasteiger charge is -2.17. The maximum Gasteiger partial charge on any atom is 0.140 e. The van der Waals surface area contributed by atoms with Crippen LogP contribution in [-0.2, 0) is 13.1 Å². The number of hydrogen-bond acceptors (Lipinski definition) is 4. The number of aryl methyl sites for hydroxylation is 1. The average Bonchev–Trinajstić information content (AvgIpc) is 2.63. The summed E-state index contributed by atoms with van der Waals surface area (Å²) in [6, 6.07) is 0. The minimum atomic E-state index is -0.240. The van der Waals surface area contributed by atoms with E-state index in [1.54, 1.807) is 6.33 Å². The Labute approximate surface area is 97.1 Å². The van der Waals surface area contributed by atoms with Crippen LogP contribution in [0.15, 0.2) is 6.33 Å². The summed E-state index contributed by atoms with van der Waals surface area (Å²) in [7, 11) is 2.04. The van der Waals surface area contributed by atoms with Gasteiger partial charge in [-0.15, -0.1) is 0 Å². The molecule has 0 bridgehead atoms. The quantitative estimate of drug-likeness (QED) is 0.750. The Kier molecular flexibility index (Phi) is 5.42. The summed E-state index contributed by atoms with van der Waals surface area (Å²) in [6.07, 6.45) is 3.22. The Bertz CT molecular complexity index is 298. The molecule has 0 aliphatic rings. The van der Waals surface area contributed by atoms with Gasteiger partial charge in [0.2, 0.25) is 0 Å². The highest BCUT2D eigenvalue weighted by Crippen LogP contribution is 2.02. The van der Waals surface area contributed by atoms with Crippen LogP contribution < -0.4 is 0 Å². The zero-order chi connectivity index (χ0) is 12.0. The second kappa shape index (κ2) is 6.60. The van der Waals surface area contributed by atoms with Crippen LogP contribution in [0.25, 0.3) is 0 Å². The van der Waals surface area contributed by atoms with Crippen LogP contribution in [0, 0.1) is 0 Å². The van der Waals surface area contributed by atoms with Crippen molar-refractivity contribution in [1.82, 2.24) is 19.7 Å². The van der Waals surface area contributed by atoms with Gasteiger partial charge in [0.05, 0.1) is 12.6 Å². The monoisotopic (exact) mass is 226 g/mol. The van der Waals surface area contributed by atoms with Gasteiger partial charge in [0.1, 0.15) is 12.2 Å². The van der Waals surface area contributed by atoms with Gasteiger partial charge in [0.15, 0.2) is 0 Å². The van der Waals surface area contributed by atoms with Crippen LogP contribution in [0.3, 0.4) is 0 Å². The number of aromatic nitrogens is 3. The van der Waals surface area contributed by atoms with E-state index in [1.807, 2.05) is 18.7 Å². The summed E-state index contributed by atoms with van der Waals surface area (Å²) >= 11 is 0. The number of rotatable bonds is 7. The number of aliphatic hydroxyl groups is 1. The van der Waals surface area contributed by atoms with Crippen molar-refractivity contribution in [2.24, 2.45) is 0 Å². The molecule has 5 heteroatoms. The molecule has 1 unspecified atom stereocenters. The van der Waals surface area contributed by atoms with Crippen LogP contribution >= 0.6 is 0 Å². The van der Waals surface area contributed by atoms with Crippen LogP contribution in [0.4, 0.5) is 0 Å². The molecule has 1 aromatic rings. The van der Waals surface area contributed by atoms with Crippen molar-refractivity contribution in [3.63, 3.8) is 0 Å². The van der Waals surface area contributed by atoms with E-state index in [0.29, 0.717) is 0 Å². The van der Waals surface area contributed by atoms with Gasteiger partial charge >= 0.3 is 0 Å². The summed E-state index contributed by atoms with van der Waals surface area (Å²) in [4.78, 5) is 6.41. The van der Waals surface area contributed by atoms with Gasteiger partial charge in [-0.2, -0.15) is 5.10 Å². The first-order chi connectivity index (χ1) is 7.63. The molecule has 1 N–H and O–H groups in total.